The van der Waals surface area contributed by atoms with Gasteiger partial charge in [0.15, 0.2) is 0 Å². The van der Waals surface area contributed by atoms with Crippen LogP contribution >= 0.6 is 49.9 Å². The number of rotatable bonds is 1. The molecule has 0 atom stereocenters. The van der Waals surface area contributed by atoms with Gasteiger partial charge in [-0.15, -0.1) is 11.3 Å². The fraction of sp³-hybridized carbons (Fsp3) is 0. The molecule has 3 heteroatoms. The molecule has 0 aliphatic carbocycles. The van der Waals surface area contributed by atoms with Crippen molar-refractivity contribution >= 4 is 59.9 Å². The van der Waals surface area contributed by atoms with Crippen molar-refractivity contribution in [3.05, 3.63) is 56.6 Å². The Morgan fingerprint density at radius 1 is 1.00 bits per heavy atom. The highest BCUT2D eigenvalue weighted by atomic mass is 127. The zero-order valence-electron chi connectivity index (χ0n) is 8.78. The van der Waals surface area contributed by atoms with Crippen LogP contribution in [-0.2, 0) is 0 Å². The molecule has 0 fully saturated rings. The fourth-order valence-electron chi connectivity index (χ4n) is 1.83. The lowest BCUT2D eigenvalue weighted by Gasteiger charge is -1.99. The molecule has 0 unspecified atom stereocenters. The third-order valence-electron chi connectivity index (χ3n) is 2.62. The molecule has 2 aromatic carbocycles. The predicted octanol–water partition coefficient (Wildman–Crippen LogP) is 5.94. The van der Waals surface area contributed by atoms with Crippen molar-refractivity contribution in [2.45, 2.75) is 0 Å². The quantitative estimate of drug-likeness (QED) is 0.432. The van der Waals surface area contributed by atoms with Gasteiger partial charge in [0.05, 0.1) is 0 Å². The summed E-state index contributed by atoms with van der Waals surface area (Å²) in [6, 6.07) is 17.0. The predicted molar refractivity (Wildman–Crippen MR) is 87.7 cm³/mol. The molecule has 0 N–H and O–H groups in total. The van der Waals surface area contributed by atoms with E-state index in [1.807, 2.05) is 11.3 Å². The summed E-state index contributed by atoms with van der Waals surface area (Å²) < 4.78 is 3.83. The summed E-state index contributed by atoms with van der Waals surface area (Å²) in [4.78, 5) is 1.35. The molecule has 1 heterocycles. The smallest absolute Gasteiger partial charge is 0.0489 e. The van der Waals surface area contributed by atoms with Gasteiger partial charge in [-0.05, 0) is 46.4 Å². The molecule has 0 nitrogen and oxygen atoms in total. The minimum Gasteiger partial charge on any atom is -0.134 e. The van der Waals surface area contributed by atoms with E-state index in [-0.39, 0.29) is 0 Å². The first-order chi connectivity index (χ1) is 8.25. The third-order valence-corrected chi connectivity index (χ3v) is 5.82. The highest BCUT2D eigenvalue weighted by Gasteiger charge is 2.10. The average molecular weight is 415 g/mol. The lowest BCUT2D eigenvalue weighted by molar-refractivity contribution is 1.64. The van der Waals surface area contributed by atoms with E-state index in [4.69, 9.17) is 0 Å². The summed E-state index contributed by atoms with van der Waals surface area (Å²) in [7, 11) is 0. The molecule has 0 bridgehead atoms. The molecule has 0 aliphatic rings. The van der Waals surface area contributed by atoms with Gasteiger partial charge >= 0.3 is 0 Å². The Morgan fingerprint density at radius 2 is 1.82 bits per heavy atom. The van der Waals surface area contributed by atoms with E-state index in [2.05, 4.69) is 87.1 Å². The van der Waals surface area contributed by atoms with Crippen LogP contribution in [0.4, 0.5) is 0 Å². The van der Waals surface area contributed by atoms with Crippen molar-refractivity contribution in [3.63, 3.8) is 0 Å². The first-order valence-electron chi connectivity index (χ1n) is 5.18. The van der Waals surface area contributed by atoms with E-state index >= 15 is 0 Å². The van der Waals surface area contributed by atoms with Crippen molar-refractivity contribution in [1.29, 1.82) is 0 Å². The molecular formula is C14H8BrIS. The molecule has 0 spiro atoms. The third kappa shape index (κ3) is 2.16. The molecular weight excluding hydrogens is 407 g/mol. The van der Waals surface area contributed by atoms with Gasteiger partial charge in [-0.2, -0.15) is 0 Å². The molecule has 3 rings (SSSR count). The first-order valence-corrected chi connectivity index (χ1v) is 7.87. The summed E-state index contributed by atoms with van der Waals surface area (Å²) in [6.07, 6.45) is 0. The zero-order chi connectivity index (χ0) is 11.8. The zero-order valence-corrected chi connectivity index (χ0v) is 13.3. The van der Waals surface area contributed by atoms with Crippen LogP contribution in [0, 0.1) is 3.57 Å². The topological polar surface area (TPSA) is 0 Å². The van der Waals surface area contributed by atoms with Gasteiger partial charge in [0.1, 0.15) is 0 Å². The average Bonchev–Trinajstić information content (AvgIpc) is 2.68. The van der Waals surface area contributed by atoms with E-state index < -0.39 is 0 Å². The van der Waals surface area contributed by atoms with Crippen molar-refractivity contribution in [3.8, 4) is 10.4 Å². The monoisotopic (exact) mass is 414 g/mol. The molecule has 1 aromatic heterocycles. The summed E-state index contributed by atoms with van der Waals surface area (Å²) in [5.41, 5.74) is 1.28. The maximum Gasteiger partial charge on any atom is 0.0489 e. The largest absolute Gasteiger partial charge is 0.134 e. The molecule has 84 valence electrons. The SMILES string of the molecule is Brc1cccc(-c2sc3ccccc3c2I)c1. The van der Waals surface area contributed by atoms with Crippen LogP contribution in [0.15, 0.2) is 53.0 Å². The Balaban J connectivity index is 2.27. The molecule has 17 heavy (non-hydrogen) atoms. The lowest BCUT2D eigenvalue weighted by Crippen LogP contribution is -1.75. The van der Waals surface area contributed by atoms with E-state index in [1.165, 1.54) is 24.1 Å². The normalized spacial score (nSPS) is 10.9. The standard InChI is InChI=1S/C14H8BrIS/c15-10-5-3-4-9(8-10)14-13(16)11-6-1-2-7-12(11)17-14/h1-8H. The summed E-state index contributed by atoms with van der Waals surface area (Å²) in [5, 5.41) is 1.35. The molecule has 0 saturated carbocycles. The Hall–Kier alpha value is -0.390. The second-order valence-corrected chi connectivity index (χ2v) is 6.80. The highest BCUT2D eigenvalue weighted by Crippen LogP contribution is 2.39. The van der Waals surface area contributed by atoms with Crippen LogP contribution < -0.4 is 0 Å². The number of halogens is 2. The number of hydrogen-bond donors (Lipinski definition) is 0. The van der Waals surface area contributed by atoms with Gasteiger partial charge in [0.25, 0.3) is 0 Å². The van der Waals surface area contributed by atoms with Crippen LogP contribution in [0.1, 0.15) is 0 Å². The Bertz CT molecular complexity index is 688. The summed E-state index contributed by atoms with van der Waals surface area (Å²) in [5.74, 6) is 0. The first kappa shape index (κ1) is 11.7. The second kappa shape index (κ2) is 4.71. The molecule has 0 aliphatic heterocycles. The molecule has 3 aromatic rings. The van der Waals surface area contributed by atoms with Crippen LogP contribution in [0.25, 0.3) is 20.5 Å². The van der Waals surface area contributed by atoms with E-state index in [0.717, 1.165) is 4.47 Å². The Labute approximate surface area is 126 Å². The van der Waals surface area contributed by atoms with Crippen molar-refractivity contribution < 1.29 is 0 Å². The minimum atomic E-state index is 1.13. The molecule has 0 amide bonds. The van der Waals surface area contributed by atoms with Gasteiger partial charge in [-0.3, -0.25) is 0 Å². The van der Waals surface area contributed by atoms with E-state index in [1.54, 1.807) is 0 Å². The maximum atomic E-state index is 3.53. The van der Waals surface area contributed by atoms with E-state index in [0.29, 0.717) is 0 Å². The van der Waals surface area contributed by atoms with Gasteiger partial charge < -0.3 is 0 Å². The second-order valence-electron chi connectivity index (χ2n) is 3.75. The number of thiophene rings is 1. The van der Waals surface area contributed by atoms with Crippen molar-refractivity contribution in [2.24, 2.45) is 0 Å². The van der Waals surface area contributed by atoms with Crippen LogP contribution in [0.5, 0.6) is 0 Å². The van der Waals surface area contributed by atoms with Crippen LogP contribution in [0.3, 0.4) is 0 Å². The number of fused-ring (bicyclic) bond motifs is 1. The van der Waals surface area contributed by atoms with E-state index in [9.17, 15) is 0 Å². The molecule has 0 saturated heterocycles. The van der Waals surface area contributed by atoms with Crippen molar-refractivity contribution in [1.82, 2.24) is 0 Å². The van der Waals surface area contributed by atoms with Crippen LogP contribution in [0.2, 0.25) is 0 Å². The molecule has 0 radical (unpaired) electrons. The van der Waals surface area contributed by atoms with Crippen LogP contribution in [-0.4, -0.2) is 0 Å². The Morgan fingerprint density at radius 3 is 2.59 bits per heavy atom. The Kier molecular flexibility index (Phi) is 3.23. The van der Waals surface area contributed by atoms with Gasteiger partial charge in [0, 0.05) is 23.0 Å². The minimum absolute atomic E-state index is 1.13. The van der Waals surface area contributed by atoms with Gasteiger partial charge in [0.2, 0.25) is 0 Å². The summed E-state index contributed by atoms with van der Waals surface area (Å²) >= 11 is 7.83. The fourth-order valence-corrected chi connectivity index (χ4v) is 4.61. The summed E-state index contributed by atoms with van der Waals surface area (Å²) in [6.45, 7) is 0. The lowest BCUT2D eigenvalue weighted by atomic mass is 10.1. The van der Waals surface area contributed by atoms with Gasteiger partial charge in [-0.25, -0.2) is 0 Å². The maximum absolute atomic E-state index is 3.53. The number of hydrogen-bond acceptors (Lipinski definition) is 1. The number of benzene rings is 2. The van der Waals surface area contributed by atoms with Gasteiger partial charge in [-0.1, -0.05) is 46.3 Å². The highest BCUT2D eigenvalue weighted by molar-refractivity contribution is 14.1. The van der Waals surface area contributed by atoms with Crippen molar-refractivity contribution in [2.75, 3.05) is 0 Å².